The molecule has 1 unspecified atom stereocenters. The molecule has 8 heteroatoms. The zero-order valence-electron chi connectivity index (χ0n) is 23.3. The molecular formula is C32H38N4O4. The average Bonchev–Trinajstić information content (AvgIpc) is 3.26. The van der Waals surface area contributed by atoms with Gasteiger partial charge in [-0.15, -0.1) is 0 Å². The number of fused-ring (bicyclic) bond motifs is 1. The molecule has 0 saturated carbocycles. The van der Waals surface area contributed by atoms with Gasteiger partial charge in [0.2, 0.25) is 0 Å². The van der Waals surface area contributed by atoms with Crippen LogP contribution in [0.1, 0.15) is 52.7 Å². The lowest BCUT2D eigenvalue weighted by Crippen LogP contribution is -2.48. The fourth-order valence-electron chi connectivity index (χ4n) is 5.43. The molecule has 0 bridgehead atoms. The Balaban J connectivity index is 1.22. The van der Waals surface area contributed by atoms with Crippen molar-refractivity contribution in [3.63, 3.8) is 0 Å². The van der Waals surface area contributed by atoms with E-state index in [1.807, 2.05) is 90.4 Å². The Morgan fingerprint density at radius 3 is 2.38 bits per heavy atom. The lowest BCUT2D eigenvalue weighted by atomic mass is 10.1. The van der Waals surface area contributed by atoms with E-state index in [1.165, 1.54) is 0 Å². The van der Waals surface area contributed by atoms with Gasteiger partial charge in [-0.2, -0.15) is 0 Å². The van der Waals surface area contributed by atoms with E-state index in [1.54, 1.807) is 0 Å². The second-order valence-corrected chi connectivity index (χ2v) is 9.94. The van der Waals surface area contributed by atoms with Crippen LogP contribution in [0.4, 0.5) is 11.4 Å². The molecule has 1 atom stereocenters. The van der Waals surface area contributed by atoms with Crippen molar-refractivity contribution in [3.8, 4) is 5.75 Å². The Labute approximate surface area is 236 Å². The lowest BCUT2D eigenvalue weighted by molar-refractivity contribution is 0.0707. The van der Waals surface area contributed by atoms with Crippen LogP contribution in [0.3, 0.4) is 0 Å². The molecule has 3 aromatic rings. The Hall–Kier alpha value is -4.04. The summed E-state index contributed by atoms with van der Waals surface area (Å²) in [5.41, 5.74) is 4.29. The van der Waals surface area contributed by atoms with E-state index < -0.39 is 0 Å². The third-order valence-corrected chi connectivity index (χ3v) is 7.46. The van der Waals surface area contributed by atoms with Crippen LogP contribution >= 0.6 is 0 Å². The first-order valence-corrected chi connectivity index (χ1v) is 14.2. The van der Waals surface area contributed by atoms with Gasteiger partial charge < -0.3 is 29.5 Å². The van der Waals surface area contributed by atoms with E-state index in [0.717, 1.165) is 47.8 Å². The Kier molecular flexibility index (Phi) is 8.86. The fraction of sp³-hybridized carbons (Fsp3) is 0.375. The van der Waals surface area contributed by atoms with Crippen molar-refractivity contribution < 1.29 is 19.1 Å². The predicted molar refractivity (Wildman–Crippen MR) is 157 cm³/mol. The number of hydrogen-bond donors (Lipinski definition) is 1. The molecule has 2 aliphatic heterocycles. The van der Waals surface area contributed by atoms with Gasteiger partial charge in [-0.1, -0.05) is 30.3 Å². The fourth-order valence-corrected chi connectivity index (χ4v) is 5.43. The van der Waals surface area contributed by atoms with Gasteiger partial charge in [0.05, 0.1) is 12.3 Å². The number of anilines is 2. The van der Waals surface area contributed by atoms with Crippen molar-refractivity contribution in [2.45, 2.75) is 26.4 Å². The molecule has 0 aromatic heterocycles. The minimum Gasteiger partial charge on any atom is -0.492 e. The maximum atomic E-state index is 13.3. The summed E-state index contributed by atoms with van der Waals surface area (Å²) in [7, 11) is 0. The third kappa shape index (κ3) is 5.92. The summed E-state index contributed by atoms with van der Waals surface area (Å²) >= 11 is 0. The molecule has 1 fully saturated rings. The summed E-state index contributed by atoms with van der Waals surface area (Å²) in [6.07, 6.45) is 0.503. The van der Waals surface area contributed by atoms with Gasteiger partial charge in [0.15, 0.2) is 0 Å². The van der Waals surface area contributed by atoms with Gasteiger partial charge in [-0.05, 0) is 62.7 Å². The number of piperazine rings is 1. The molecule has 2 amide bonds. The molecule has 3 aromatic carbocycles. The number of benzene rings is 3. The topological polar surface area (TPSA) is 74.4 Å². The number of amides is 2. The Bertz CT molecular complexity index is 1300. The van der Waals surface area contributed by atoms with Crippen molar-refractivity contribution in [1.82, 2.24) is 9.80 Å². The van der Waals surface area contributed by atoms with Crippen molar-refractivity contribution in [2.24, 2.45) is 0 Å². The number of nitrogens with one attached hydrogen (secondary N) is 1. The molecule has 5 rings (SSSR count). The zero-order valence-corrected chi connectivity index (χ0v) is 23.3. The first kappa shape index (κ1) is 27.5. The molecule has 210 valence electrons. The molecule has 1 saturated heterocycles. The van der Waals surface area contributed by atoms with E-state index in [0.29, 0.717) is 45.0 Å². The molecule has 40 heavy (non-hydrogen) atoms. The van der Waals surface area contributed by atoms with E-state index in [2.05, 4.69) is 16.3 Å². The molecule has 0 aliphatic carbocycles. The van der Waals surface area contributed by atoms with Crippen LogP contribution < -0.4 is 15.0 Å². The molecular weight excluding hydrogens is 504 g/mol. The van der Waals surface area contributed by atoms with Crippen LogP contribution in [0.2, 0.25) is 0 Å². The second-order valence-electron chi connectivity index (χ2n) is 9.94. The average molecular weight is 543 g/mol. The molecule has 1 N–H and O–H groups in total. The SMILES string of the molecule is CCOCCCN1C(=O)c2ccccc2C1Nc1ccc(C(=O)N2CCN(c3ccccc3OCC)CC2)cc1. The predicted octanol–water partition coefficient (Wildman–Crippen LogP) is 5.04. The number of para-hydroxylation sites is 2. The maximum Gasteiger partial charge on any atom is 0.256 e. The summed E-state index contributed by atoms with van der Waals surface area (Å²) in [5.74, 6) is 0.940. The monoisotopic (exact) mass is 542 g/mol. The number of carbonyl (C=O) groups excluding carboxylic acids is 2. The summed E-state index contributed by atoms with van der Waals surface area (Å²) in [6.45, 7) is 9.27. The largest absolute Gasteiger partial charge is 0.492 e. The maximum absolute atomic E-state index is 13.3. The highest BCUT2D eigenvalue weighted by Crippen LogP contribution is 2.34. The smallest absolute Gasteiger partial charge is 0.256 e. The first-order chi connectivity index (χ1) is 19.6. The molecule has 0 spiro atoms. The van der Waals surface area contributed by atoms with Crippen molar-refractivity contribution in [3.05, 3.63) is 89.5 Å². The number of hydrogen-bond acceptors (Lipinski definition) is 6. The van der Waals surface area contributed by atoms with Crippen LogP contribution in [0.5, 0.6) is 5.75 Å². The van der Waals surface area contributed by atoms with Crippen LogP contribution in [0, 0.1) is 0 Å². The van der Waals surface area contributed by atoms with Crippen molar-refractivity contribution in [1.29, 1.82) is 0 Å². The number of ether oxygens (including phenoxy) is 2. The van der Waals surface area contributed by atoms with Crippen LogP contribution in [0.25, 0.3) is 0 Å². The molecule has 0 radical (unpaired) electrons. The zero-order chi connectivity index (χ0) is 27.9. The highest BCUT2D eigenvalue weighted by Gasteiger charge is 2.36. The van der Waals surface area contributed by atoms with Crippen LogP contribution in [0.15, 0.2) is 72.8 Å². The lowest BCUT2D eigenvalue weighted by Gasteiger charge is -2.36. The minimum absolute atomic E-state index is 0.0272. The molecule has 2 aliphatic rings. The second kappa shape index (κ2) is 12.9. The van der Waals surface area contributed by atoms with E-state index in [4.69, 9.17) is 9.47 Å². The minimum atomic E-state index is -0.264. The van der Waals surface area contributed by atoms with Crippen molar-refractivity contribution >= 4 is 23.2 Å². The van der Waals surface area contributed by atoms with Crippen LogP contribution in [-0.4, -0.2) is 74.2 Å². The summed E-state index contributed by atoms with van der Waals surface area (Å²) < 4.78 is 11.3. The summed E-state index contributed by atoms with van der Waals surface area (Å²) in [6, 6.07) is 23.4. The first-order valence-electron chi connectivity index (χ1n) is 14.2. The van der Waals surface area contributed by atoms with Gasteiger partial charge >= 0.3 is 0 Å². The summed E-state index contributed by atoms with van der Waals surface area (Å²) in [5, 5.41) is 3.52. The molecule has 8 nitrogen and oxygen atoms in total. The van der Waals surface area contributed by atoms with Gasteiger partial charge in [0, 0.05) is 68.3 Å². The van der Waals surface area contributed by atoms with Gasteiger partial charge in [-0.3, -0.25) is 9.59 Å². The Morgan fingerprint density at radius 1 is 0.900 bits per heavy atom. The van der Waals surface area contributed by atoms with Gasteiger partial charge in [-0.25, -0.2) is 0 Å². The van der Waals surface area contributed by atoms with Gasteiger partial charge in [0.25, 0.3) is 11.8 Å². The third-order valence-electron chi connectivity index (χ3n) is 7.46. The Morgan fingerprint density at radius 2 is 1.62 bits per heavy atom. The number of carbonyl (C=O) groups is 2. The highest BCUT2D eigenvalue weighted by atomic mass is 16.5. The quantitative estimate of drug-likeness (QED) is 0.342. The van der Waals surface area contributed by atoms with Crippen LogP contribution in [-0.2, 0) is 4.74 Å². The standard InChI is InChI=1S/C32H38N4O4/c1-3-39-23-9-18-36-30(26-10-5-6-11-27(26)32(36)38)33-25-16-14-24(15-17-25)31(37)35-21-19-34(20-22-35)28-12-7-8-13-29(28)40-4-2/h5-8,10-17,30,33H,3-4,9,18-23H2,1-2H3. The van der Waals surface area contributed by atoms with Crippen molar-refractivity contribution in [2.75, 3.05) is 62.8 Å². The van der Waals surface area contributed by atoms with E-state index >= 15 is 0 Å². The molecule has 2 heterocycles. The summed E-state index contributed by atoms with van der Waals surface area (Å²) in [4.78, 5) is 32.5. The number of nitrogens with zero attached hydrogens (tertiary/aromatic N) is 3. The van der Waals surface area contributed by atoms with E-state index in [9.17, 15) is 9.59 Å². The highest BCUT2D eigenvalue weighted by molar-refractivity contribution is 5.99. The normalized spacial score (nSPS) is 16.7. The van der Waals surface area contributed by atoms with E-state index in [-0.39, 0.29) is 18.0 Å². The number of rotatable bonds is 11. The van der Waals surface area contributed by atoms with Gasteiger partial charge in [0.1, 0.15) is 11.9 Å².